The second-order valence-corrected chi connectivity index (χ2v) is 4.51. The van der Waals surface area contributed by atoms with E-state index in [1.807, 2.05) is 13.8 Å². The van der Waals surface area contributed by atoms with Crippen LogP contribution in [-0.2, 0) is 0 Å². The lowest BCUT2D eigenvalue weighted by Gasteiger charge is -2.10. The second-order valence-electron chi connectivity index (χ2n) is 3.79. The molecule has 0 N–H and O–H groups in total. The average Bonchev–Trinajstić information content (AvgIpc) is 2.28. The molecule has 2 aromatic heterocycles. The van der Waals surface area contributed by atoms with E-state index in [1.54, 1.807) is 12.3 Å². The molecule has 0 aliphatic carbocycles. The Bertz CT molecular complexity index is 505. The molecule has 0 fully saturated rings. The van der Waals surface area contributed by atoms with Crippen molar-refractivity contribution in [3.8, 4) is 11.5 Å². The summed E-state index contributed by atoms with van der Waals surface area (Å²) in [5, 5.41) is 0.738. The van der Waals surface area contributed by atoms with Crippen molar-refractivity contribution in [2.75, 3.05) is 0 Å². The van der Waals surface area contributed by atoms with E-state index in [4.69, 9.17) is 23.2 Å². The fourth-order valence-electron chi connectivity index (χ4n) is 1.43. The molecule has 17 heavy (non-hydrogen) atoms. The molecule has 4 nitrogen and oxygen atoms in total. The van der Waals surface area contributed by atoms with Crippen LogP contribution in [0.4, 0.5) is 0 Å². The number of hydrogen-bond acceptors (Lipinski definition) is 4. The Balaban J connectivity index is 2.53. The molecule has 0 atom stereocenters. The zero-order valence-corrected chi connectivity index (χ0v) is 10.9. The van der Waals surface area contributed by atoms with Gasteiger partial charge in [0.2, 0.25) is 0 Å². The number of nitrogens with zero attached hydrogens (tertiary/aromatic N) is 4. The molecular formula is C11H10Cl2N4. The molecule has 0 saturated heterocycles. The van der Waals surface area contributed by atoms with E-state index in [-0.39, 0.29) is 5.92 Å². The average molecular weight is 269 g/mol. The molecule has 2 heterocycles. The van der Waals surface area contributed by atoms with Crippen molar-refractivity contribution in [3.05, 3.63) is 34.5 Å². The van der Waals surface area contributed by atoms with Gasteiger partial charge in [-0.3, -0.25) is 0 Å². The quantitative estimate of drug-likeness (QED) is 0.784. The summed E-state index contributed by atoms with van der Waals surface area (Å²) in [7, 11) is 0. The van der Waals surface area contributed by atoms with E-state index < -0.39 is 0 Å². The van der Waals surface area contributed by atoms with Gasteiger partial charge in [-0.05, 0) is 12.0 Å². The highest BCUT2D eigenvalue weighted by molar-refractivity contribution is 6.34. The van der Waals surface area contributed by atoms with Gasteiger partial charge >= 0.3 is 0 Å². The van der Waals surface area contributed by atoms with Gasteiger partial charge in [-0.1, -0.05) is 37.0 Å². The van der Waals surface area contributed by atoms with Crippen molar-refractivity contribution in [1.29, 1.82) is 0 Å². The van der Waals surface area contributed by atoms with E-state index in [0.717, 1.165) is 5.56 Å². The zero-order valence-electron chi connectivity index (χ0n) is 9.35. The first-order valence-electron chi connectivity index (χ1n) is 5.09. The first-order chi connectivity index (χ1) is 8.09. The van der Waals surface area contributed by atoms with Crippen LogP contribution in [0, 0.1) is 0 Å². The zero-order chi connectivity index (χ0) is 12.4. The predicted molar refractivity (Wildman–Crippen MR) is 67.2 cm³/mol. The van der Waals surface area contributed by atoms with Gasteiger partial charge in [-0.25, -0.2) is 19.9 Å². The van der Waals surface area contributed by atoms with Gasteiger partial charge in [0, 0.05) is 11.8 Å². The number of hydrogen-bond donors (Lipinski definition) is 0. The third-order valence-electron chi connectivity index (χ3n) is 2.24. The summed E-state index contributed by atoms with van der Waals surface area (Å²) in [6.45, 7) is 3.97. The van der Waals surface area contributed by atoms with Crippen molar-refractivity contribution in [3.63, 3.8) is 0 Å². The Hall–Kier alpha value is -1.26. The first-order valence-corrected chi connectivity index (χ1v) is 5.84. The Morgan fingerprint density at radius 1 is 1.12 bits per heavy atom. The van der Waals surface area contributed by atoms with Crippen LogP contribution in [-0.4, -0.2) is 19.9 Å². The van der Waals surface area contributed by atoms with Crippen LogP contribution >= 0.6 is 23.2 Å². The Morgan fingerprint density at radius 2 is 1.76 bits per heavy atom. The maximum absolute atomic E-state index is 6.10. The molecule has 0 aliphatic rings. The topological polar surface area (TPSA) is 51.6 Å². The Labute approximate surface area is 109 Å². The van der Waals surface area contributed by atoms with Gasteiger partial charge in [0.15, 0.2) is 5.82 Å². The van der Waals surface area contributed by atoms with Crippen molar-refractivity contribution in [2.45, 2.75) is 19.8 Å². The lowest BCUT2D eigenvalue weighted by Crippen LogP contribution is -2.00. The first kappa shape index (κ1) is 12.2. The van der Waals surface area contributed by atoms with E-state index in [0.29, 0.717) is 21.8 Å². The highest BCUT2D eigenvalue weighted by Gasteiger charge is 2.15. The second kappa shape index (κ2) is 4.94. The summed E-state index contributed by atoms with van der Waals surface area (Å²) in [6, 6.07) is 1.71. The molecule has 0 aliphatic heterocycles. The van der Waals surface area contributed by atoms with Crippen molar-refractivity contribution in [1.82, 2.24) is 19.9 Å². The van der Waals surface area contributed by atoms with Gasteiger partial charge in [0.1, 0.15) is 22.3 Å². The molecule has 0 spiro atoms. The molecule has 0 aromatic carbocycles. The Morgan fingerprint density at radius 3 is 2.24 bits per heavy atom. The SMILES string of the molecule is CC(C)c1c(Cl)nc(-c2ccncn2)nc1Cl. The van der Waals surface area contributed by atoms with Crippen molar-refractivity contribution >= 4 is 23.2 Å². The van der Waals surface area contributed by atoms with Gasteiger partial charge < -0.3 is 0 Å². The molecule has 0 radical (unpaired) electrons. The van der Waals surface area contributed by atoms with Crippen LogP contribution in [0.5, 0.6) is 0 Å². The molecule has 0 saturated carbocycles. The van der Waals surface area contributed by atoms with Crippen LogP contribution in [0.1, 0.15) is 25.3 Å². The number of aromatic nitrogens is 4. The minimum atomic E-state index is 0.175. The lowest BCUT2D eigenvalue weighted by molar-refractivity contribution is 0.847. The van der Waals surface area contributed by atoms with Crippen LogP contribution in [0.15, 0.2) is 18.6 Å². The monoisotopic (exact) mass is 268 g/mol. The normalized spacial score (nSPS) is 10.9. The largest absolute Gasteiger partial charge is 0.245 e. The van der Waals surface area contributed by atoms with Gasteiger partial charge in [-0.2, -0.15) is 0 Å². The van der Waals surface area contributed by atoms with Crippen LogP contribution < -0.4 is 0 Å². The van der Waals surface area contributed by atoms with E-state index in [2.05, 4.69) is 19.9 Å². The summed E-state index contributed by atoms with van der Waals surface area (Å²) >= 11 is 12.2. The summed E-state index contributed by atoms with van der Waals surface area (Å²) in [5.74, 6) is 0.584. The molecule has 6 heteroatoms. The summed E-state index contributed by atoms with van der Waals surface area (Å²) in [5.41, 5.74) is 1.35. The molecule has 88 valence electrons. The van der Waals surface area contributed by atoms with Crippen LogP contribution in [0.25, 0.3) is 11.5 Å². The van der Waals surface area contributed by atoms with Gasteiger partial charge in [0.25, 0.3) is 0 Å². The van der Waals surface area contributed by atoms with E-state index in [1.165, 1.54) is 6.33 Å². The van der Waals surface area contributed by atoms with Crippen molar-refractivity contribution in [2.24, 2.45) is 0 Å². The number of rotatable bonds is 2. The van der Waals surface area contributed by atoms with Gasteiger partial charge in [-0.15, -0.1) is 0 Å². The minimum Gasteiger partial charge on any atom is -0.245 e. The molecule has 0 bridgehead atoms. The predicted octanol–water partition coefficient (Wildman–Crippen LogP) is 3.36. The minimum absolute atomic E-state index is 0.175. The van der Waals surface area contributed by atoms with Crippen LogP contribution in [0.3, 0.4) is 0 Å². The highest BCUT2D eigenvalue weighted by Crippen LogP contribution is 2.30. The standard InChI is InChI=1S/C11H10Cl2N4/c1-6(2)8-9(12)16-11(17-10(8)13)7-3-4-14-5-15-7/h3-6H,1-2H3. The summed E-state index contributed by atoms with van der Waals surface area (Å²) < 4.78 is 0. The van der Waals surface area contributed by atoms with Gasteiger partial charge in [0.05, 0.1) is 0 Å². The maximum atomic E-state index is 6.10. The third-order valence-corrected chi connectivity index (χ3v) is 2.82. The maximum Gasteiger partial charge on any atom is 0.181 e. The molecular weight excluding hydrogens is 259 g/mol. The fourth-order valence-corrected chi connectivity index (χ4v) is 2.25. The number of halogens is 2. The summed E-state index contributed by atoms with van der Waals surface area (Å²) in [4.78, 5) is 16.3. The van der Waals surface area contributed by atoms with E-state index >= 15 is 0 Å². The lowest BCUT2D eigenvalue weighted by atomic mass is 10.1. The molecule has 0 amide bonds. The Kier molecular flexibility index (Phi) is 3.54. The van der Waals surface area contributed by atoms with E-state index in [9.17, 15) is 0 Å². The van der Waals surface area contributed by atoms with Crippen molar-refractivity contribution < 1.29 is 0 Å². The third kappa shape index (κ3) is 2.53. The molecule has 2 rings (SSSR count). The smallest absolute Gasteiger partial charge is 0.181 e. The molecule has 0 unspecified atom stereocenters. The fraction of sp³-hybridized carbons (Fsp3) is 0.273. The summed E-state index contributed by atoms with van der Waals surface area (Å²) in [6.07, 6.45) is 3.04. The molecule has 2 aromatic rings. The van der Waals surface area contributed by atoms with Crippen LogP contribution in [0.2, 0.25) is 10.3 Å². The highest BCUT2D eigenvalue weighted by atomic mass is 35.5.